The monoisotopic (exact) mass is 213 g/mol. The van der Waals surface area contributed by atoms with Crippen molar-refractivity contribution in [3.8, 4) is 0 Å². The molecule has 0 saturated heterocycles. The van der Waals surface area contributed by atoms with Crippen LogP contribution in [0.3, 0.4) is 0 Å². The van der Waals surface area contributed by atoms with E-state index >= 15 is 0 Å². The molecule has 0 amide bonds. The summed E-state index contributed by atoms with van der Waals surface area (Å²) in [7, 11) is 0. The molecule has 0 aromatic carbocycles. The van der Waals surface area contributed by atoms with Crippen LogP contribution in [0.4, 0.5) is 4.70 Å². The van der Waals surface area contributed by atoms with Crippen LogP contribution in [0.2, 0.25) is 0 Å². The Morgan fingerprint density at radius 2 is 1.00 bits per heavy atom. The molecule has 0 aromatic rings. The molecule has 9 nitrogen and oxygen atoms in total. The van der Waals surface area contributed by atoms with Crippen molar-refractivity contribution >= 4 is 0 Å². The van der Waals surface area contributed by atoms with Crippen LogP contribution in [0, 0.1) is 20.2 Å². The molecule has 0 aliphatic rings. The maximum absolute atomic E-state index is 8.36. The number of hydrogen-bond acceptors (Lipinski definition) is 5. The van der Waals surface area contributed by atoms with Gasteiger partial charge in [0.2, 0.25) is 0 Å². The van der Waals surface area contributed by atoms with E-state index in [1.54, 1.807) is 0 Å². The second-order valence-electron chi connectivity index (χ2n) is 0.476. The van der Waals surface area contributed by atoms with Gasteiger partial charge in [0.05, 0.1) is 0 Å². The topological polar surface area (TPSA) is 144 Å². The van der Waals surface area contributed by atoms with Crippen molar-refractivity contribution in [3.63, 3.8) is 0 Å². The van der Waals surface area contributed by atoms with E-state index in [1.807, 2.05) is 0 Å². The molecule has 67 valence electrons. The van der Waals surface area contributed by atoms with E-state index in [0.29, 0.717) is 0 Å². The molecule has 0 radical (unpaired) electrons. The van der Waals surface area contributed by atoms with E-state index in [0.717, 1.165) is 17.4 Å². The first-order chi connectivity index (χ1) is 4.46. The van der Waals surface area contributed by atoms with Crippen LogP contribution in [0.5, 0.6) is 0 Å². The zero-order valence-corrected chi connectivity index (χ0v) is 6.08. The Morgan fingerprint density at radius 3 is 1.00 bits per heavy atom. The van der Waals surface area contributed by atoms with E-state index in [9.17, 15) is 0 Å². The minimum atomic E-state index is -1.50. The predicted molar refractivity (Wildman–Crippen MR) is 20.8 cm³/mol. The summed E-state index contributed by atoms with van der Waals surface area (Å²) in [5, 5.41) is 27.3. The molecule has 0 aliphatic carbocycles. The Balaban J connectivity index is -0.0000000339. The molecule has 0 saturated carbocycles. The zero-order chi connectivity index (χ0) is 9.15. The fraction of sp³-hybridized carbons (Fsp3) is 0. The minimum absolute atomic E-state index is 0. The van der Waals surface area contributed by atoms with E-state index in [1.165, 1.54) is 0 Å². The third-order valence-corrected chi connectivity index (χ3v) is 0. The normalized spacial score (nSPS) is 4.64. The molecule has 0 rings (SSSR count). The number of hydrogen-bond donors (Lipinski definition) is 2. The number of halogens is 1. The molecular weight excluding hydrogens is 210 g/mol. The summed E-state index contributed by atoms with van der Waals surface area (Å²) in [5.41, 5.74) is 0. The molecule has 0 bridgehead atoms. The molecule has 0 aromatic heterocycles. The summed E-state index contributed by atoms with van der Waals surface area (Å²) in [4.78, 5) is 16.7. The van der Waals surface area contributed by atoms with Gasteiger partial charge in [-0.15, -0.1) is 20.2 Å². The van der Waals surface area contributed by atoms with Crippen LogP contribution in [0.1, 0.15) is 0 Å². The maximum atomic E-state index is 8.36. The van der Waals surface area contributed by atoms with Crippen molar-refractivity contribution in [1.82, 2.24) is 0 Å². The Kier molecular flexibility index (Phi) is 47.9. The molecule has 0 heterocycles. The summed E-state index contributed by atoms with van der Waals surface area (Å²) in [6, 6.07) is 0. The van der Waals surface area contributed by atoms with Crippen molar-refractivity contribution in [3.05, 3.63) is 20.2 Å². The van der Waals surface area contributed by atoms with Gasteiger partial charge in [0.1, 0.15) is 0 Å². The van der Waals surface area contributed by atoms with Gasteiger partial charge in [0, 0.05) is 0 Å². The van der Waals surface area contributed by atoms with Gasteiger partial charge >= 0.3 is 21.0 Å². The van der Waals surface area contributed by atoms with Gasteiger partial charge < -0.3 is 10.4 Å². The van der Waals surface area contributed by atoms with Gasteiger partial charge in [-0.25, -0.2) is 0 Å². The van der Waals surface area contributed by atoms with Gasteiger partial charge in [-0.05, 0) is 0 Å². The molecule has 0 atom stereocenters. The Morgan fingerprint density at radius 1 is 1.00 bits per heavy atom. The van der Waals surface area contributed by atoms with Crippen LogP contribution >= 0.6 is 0 Å². The standard InChI is InChI=1S/FH.2HNO3.O.V/c;2*2-1(3)4;;/h1H;2*(H,2,3,4);;. The predicted octanol–water partition coefficient (Wildman–Crippen LogP) is -0.664. The molecule has 11 heteroatoms. The molecule has 0 unspecified atom stereocenters. The van der Waals surface area contributed by atoms with Crippen molar-refractivity contribution in [2.45, 2.75) is 0 Å². The first-order valence-corrected chi connectivity index (χ1v) is 1.88. The SMILES string of the molecule is F.O=[N+]([O-])O.O=[N+]([O-])O.[O]=[V]. The van der Waals surface area contributed by atoms with Crippen molar-refractivity contribution < 1.29 is 46.3 Å². The van der Waals surface area contributed by atoms with E-state index < -0.39 is 10.2 Å². The Bertz CT molecular complexity index is 84.6. The summed E-state index contributed by atoms with van der Waals surface area (Å²) in [6.07, 6.45) is 0. The van der Waals surface area contributed by atoms with E-state index in [-0.39, 0.29) is 4.70 Å². The Hall–Kier alpha value is -1.29. The molecule has 2 N–H and O–H groups in total. The summed E-state index contributed by atoms with van der Waals surface area (Å²) in [6.45, 7) is 0. The summed E-state index contributed by atoms with van der Waals surface area (Å²) >= 11 is 1.06. The average Bonchev–Trinajstić information content (AvgIpc) is 1.66. The molecule has 0 spiro atoms. The second kappa shape index (κ2) is 23.3. The average molecular weight is 213 g/mol. The zero-order valence-electron chi connectivity index (χ0n) is 4.69. The quantitative estimate of drug-likeness (QED) is 0.401. The van der Waals surface area contributed by atoms with Crippen LogP contribution in [-0.4, -0.2) is 20.6 Å². The number of nitrogens with zero attached hydrogens (tertiary/aromatic N) is 2. The van der Waals surface area contributed by atoms with Gasteiger partial charge in [0.25, 0.3) is 10.2 Å². The third-order valence-electron chi connectivity index (χ3n) is 0. The van der Waals surface area contributed by atoms with Crippen molar-refractivity contribution in [2.75, 3.05) is 0 Å². The van der Waals surface area contributed by atoms with Gasteiger partial charge in [0.15, 0.2) is 0 Å². The summed E-state index contributed by atoms with van der Waals surface area (Å²) < 4.78 is 8.19. The fourth-order valence-electron chi connectivity index (χ4n) is 0. The fourth-order valence-corrected chi connectivity index (χ4v) is 0. The first kappa shape index (κ1) is 22.6. The molecule has 0 fully saturated rings. The molecule has 0 aliphatic heterocycles. The van der Waals surface area contributed by atoms with Crippen molar-refractivity contribution in [2.24, 2.45) is 0 Å². The van der Waals surface area contributed by atoms with Gasteiger partial charge in [-0.3, -0.25) is 4.70 Å². The third kappa shape index (κ3) is 238. The van der Waals surface area contributed by atoms with Gasteiger partial charge in [-0.1, -0.05) is 0 Å². The first-order valence-electron chi connectivity index (χ1n) is 1.31. The summed E-state index contributed by atoms with van der Waals surface area (Å²) in [5.74, 6) is 0. The molecular formula is H3FN2O7V. The van der Waals surface area contributed by atoms with Crippen molar-refractivity contribution in [1.29, 1.82) is 0 Å². The Labute approximate surface area is 67.4 Å². The van der Waals surface area contributed by atoms with Crippen LogP contribution in [-0.2, 0) is 21.0 Å². The molecule has 11 heavy (non-hydrogen) atoms. The number of rotatable bonds is 0. The van der Waals surface area contributed by atoms with Crippen LogP contribution in [0.25, 0.3) is 0 Å². The van der Waals surface area contributed by atoms with Crippen LogP contribution in [0.15, 0.2) is 0 Å². The van der Waals surface area contributed by atoms with E-state index in [4.69, 9.17) is 34.3 Å². The van der Waals surface area contributed by atoms with Crippen LogP contribution < -0.4 is 0 Å². The van der Waals surface area contributed by atoms with E-state index in [2.05, 4.69) is 0 Å². The second-order valence-corrected chi connectivity index (χ2v) is 0.476. The van der Waals surface area contributed by atoms with Gasteiger partial charge in [-0.2, -0.15) is 0 Å².